The van der Waals surface area contributed by atoms with Crippen LogP contribution in [0.3, 0.4) is 0 Å². The zero-order chi connectivity index (χ0) is 19.0. The largest absolute Gasteiger partial charge is 0.366 e. The average Bonchev–Trinajstić information content (AvgIpc) is 3.06. The van der Waals surface area contributed by atoms with Crippen LogP contribution in [0, 0.1) is 0 Å². The quantitative estimate of drug-likeness (QED) is 0.746. The summed E-state index contributed by atoms with van der Waals surface area (Å²) >= 11 is 6.34. The third-order valence-electron chi connectivity index (χ3n) is 5.22. The van der Waals surface area contributed by atoms with Crippen LogP contribution < -0.4 is 10.6 Å². The zero-order valence-electron chi connectivity index (χ0n) is 15.2. The molecule has 0 bridgehead atoms. The van der Waals surface area contributed by atoms with Gasteiger partial charge in [0, 0.05) is 31.7 Å². The Morgan fingerprint density at radius 1 is 1.30 bits per heavy atom. The molecular weight excluding hydrogens is 362 g/mol. The molecule has 6 nitrogen and oxygen atoms in total. The van der Waals surface area contributed by atoms with Crippen molar-refractivity contribution in [2.45, 2.75) is 32.2 Å². The Labute approximate surface area is 163 Å². The molecule has 2 N–H and O–H groups in total. The molecule has 0 aliphatic carbocycles. The Morgan fingerprint density at radius 2 is 2.04 bits per heavy atom. The van der Waals surface area contributed by atoms with Gasteiger partial charge in [0.25, 0.3) is 0 Å². The number of carbonyl (C=O) groups is 1. The number of rotatable bonds is 4. The molecule has 1 aliphatic rings. The van der Waals surface area contributed by atoms with E-state index >= 15 is 0 Å². The third kappa shape index (κ3) is 3.25. The van der Waals surface area contributed by atoms with Crippen molar-refractivity contribution in [3.05, 3.63) is 52.9 Å². The number of nitrogens with two attached hydrogens (primary N) is 1. The van der Waals surface area contributed by atoms with E-state index < -0.39 is 5.91 Å². The van der Waals surface area contributed by atoms with Crippen molar-refractivity contribution in [2.75, 3.05) is 18.0 Å². The number of para-hydroxylation sites is 2. The van der Waals surface area contributed by atoms with Gasteiger partial charge in [-0.15, -0.1) is 0 Å². The van der Waals surface area contributed by atoms with Gasteiger partial charge in [-0.2, -0.15) is 0 Å². The molecule has 1 aliphatic heterocycles. The standard InChI is InChI=1S/C20H22ClN5O/c1-2-18-24-16-5-3-4-6-17(16)26(18)14-7-9-25(10-8-14)20-15(21)11-13(12-23-20)19(22)27/h3-6,11-12,14H,2,7-10H2,1H3,(H2,22,27). The van der Waals surface area contributed by atoms with E-state index in [2.05, 4.69) is 39.6 Å². The van der Waals surface area contributed by atoms with Gasteiger partial charge in [-0.25, -0.2) is 9.97 Å². The summed E-state index contributed by atoms with van der Waals surface area (Å²) in [6, 6.07) is 10.3. The smallest absolute Gasteiger partial charge is 0.250 e. The van der Waals surface area contributed by atoms with E-state index in [-0.39, 0.29) is 0 Å². The molecular formula is C20H22ClN5O. The molecule has 0 saturated carbocycles. The first kappa shape index (κ1) is 17.8. The highest BCUT2D eigenvalue weighted by atomic mass is 35.5. The van der Waals surface area contributed by atoms with Crippen LogP contribution in [-0.2, 0) is 6.42 Å². The summed E-state index contributed by atoms with van der Waals surface area (Å²) < 4.78 is 2.40. The van der Waals surface area contributed by atoms with E-state index in [1.807, 2.05) is 6.07 Å². The van der Waals surface area contributed by atoms with Crippen molar-refractivity contribution in [1.82, 2.24) is 14.5 Å². The Morgan fingerprint density at radius 3 is 2.70 bits per heavy atom. The van der Waals surface area contributed by atoms with E-state index in [1.165, 1.54) is 11.7 Å². The second kappa shape index (κ2) is 7.19. The molecule has 140 valence electrons. The number of hydrogen-bond acceptors (Lipinski definition) is 4. The fraction of sp³-hybridized carbons (Fsp3) is 0.350. The Kier molecular flexibility index (Phi) is 4.74. The summed E-state index contributed by atoms with van der Waals surface area (Å²) in [7, 11) is 0. The number of primary amides is 1. The summed E-state index contributed by atoms with van der Waals surface area (Å²) in [6.45, 7) is 3.85. The minimum atomic E-state index is -0.520. The van der Waals surface area contributed by atoms with Gasteiger partial charge in [0.15, 0.2) is 0 Å². The van der Waals surface area contributed by atoms with Crippen molar-refractivity contribution in [2.24, 2.45) is 5.73 Å². The van der Waals surface area contributed by atoms with Crippen molar-refractivity contribution in [3.63, 3.8) is 0 Å². The maximum atomic E-state index is 11.3. The fourth-order valence-electron chi connectivity index (χ4n) is 3.89. The molecule has 0 spiro atoms. The van der Waals surface area contributed by atoms with Gasteiger partial charge in [0.2, 0.25) is 5.91 Å². The highest BCUT2D eigenvalue weighted by molar-refractivity contribution is 6.33. The minimum absolute atomic E-state index is 0.330. The van der Waals surface area contributed by atoms with E-state index in [4.69, 9.17) is 22.3 Å². The second-order valence-corrected chi connectivity index (χ2v) is 7.26. The summed E-state index contributed by atoms with van der Waals surface area (Å²) in [5.41, 5.74) is 7.89. The van der Waals surface area contributed by atoms with Crippen LogP contribution in [-0.4, -0.2) is 33.5 Å². The van der Waals surface area contributed by atoms with Gasteiger partial charge in [0.05, 0.1) is 21.6 Å². The fourth-order valence-corrected chi connectivity index (χ4v) is 4.17. The van der Waals surface area contributed by atoms with Gasteiger partial charge in [-0.1, -0.05) is 30.7 Å². The maximum Gasteiger partial charge on any atom is 0.250 e. The van der Waals surface area contributed by atoms with Crippen LogP contribution in [0.2, 0.25) is 5.02 Å². The molecule has 0 radical (unpaired) electrons. The highest BCUT2D eigenvalue weighted by Crippen LogP contribution is 2.32. The third-order valence-corrected chi connectivity index (χ3v) is 5.50. The topological polar surface area (TPSA) is 77.0 Å². The van der Waals surface area contributed by atoms with Gasteiger partial charge in [-0.05, 0) is 31.0 Å². The van der Waals surface area contributed by atoms with E-state index in [1.54, 1.807) is 6.07 Å². The Balaban J connectivity index is 1.56. The maximum absolute atomic E-state index is 11.3. The summed E-state index contributed by atoms with van der Waals surface area (Å²) in [5.74, 6) is 1.33. The van der Waals surface area contributed by atoms with Gasteiger partial charge < -0.3 is 15.2 Å². The number of carbonyl (C=O) groups excluding carboxylic acids is 1. The number of fused-ring (bicyclic) bond motifs is 1. The van der Waals surface area contributed by atoms with Crippen LogP contribution >= 0.6 is 11.6 Å². The zero-order valence-corrected chi connectivity index (χ0v) is 16.0. The lowest BCUT2D eigenvalue weighted by Gasteiger charge is -2.34. The van der Waals surface area contributed by atoms with Crippen LogP contribution in [0.5, 0.6) is 0 Å². The lowest BCUT2D eigenvalue weighted by atomic mass is 10.0. The number of imidazole rings is 1. The van der Waals surface area contributed by atoms with E-state index in [0.29, 0.717) is 22.4 Å². The monoisotopic (exact) mass is 383 g/mol. The molecule has 27 heavy (non-hydrogen) atoms. The predicted molar refractivity (Wildman–Crippen MR) is 107 cm³/mol. The van der Waals surface area contributed by atoms with E-state index in [9.17, 15) is 4.79 Å². The van der Waals surface area contributed by atoms with Crippen LogP contribution in [0.4, 0.5) is 5.82 Å². The van der Waals surface area contributed by atoms with Crippen LogP contribution in [0.25, 0.3) is 11.0 Å². The van der Waals surface area contributed by atoms with Crippen molar-refractivity contribution in [1.29, 1.82) is 0 Å². The number of nitrogens with zero attached hydrogens (tertiary/aromatic N) is 4. The molecule has 7 heteroatoms. The van der Waals surface area contributed by atoms with Gasteiger partial charge in [0.1, 0.15) is 11.6 Å². The number of aromatic nitrogens is 3. The van der Waals surface area contributed by atoms with Crippen LogP contribution in [0.1, 0.15) is 42.0 Å². The number of benzene rings is 1. The first-order valence-corrected chi connectivity index (χ1v) is 9.62. The molecule has 0 atom stereocenters. The minimum Gasteiger partial charge on any atom is -0.366 e. The lowest BCUT2D eigenvalue weighted by Crippen LogP contribution is -2.35. The lowest BCUT2D eigenvalue weighted by molar-refractivity contribution is 0.1000. The molecule has 1 fully saturated rings. The van der Waals surface area contributed by atoms with Gasteiger partial charge >= 0.3 is 0 Å². The molecule has 1 saturated heterocycles. The SMILES string of the molecule is CCc1nc2ccccc2n1C1CCN(c2ncc(C(N)=O)cc2Cl)CC1. The molecule has 4 rings (SSSR count). The van der Waals surface area contributed by atoms with Crippen molar-refractivity contribution < 1.29 is 4.79 Å². The number of anilines is 1. The average molecular weight is 384 g/mol. The number of halogens is 1. The summed E-state index contributed by atoms with van der Waals surface area (Å²) in [4.78, 5) is 22.6. The molecule has 1 aromatic carbocycles. The Hall–Kier alpha value is -2.60. The molecule has 0 unspecified atom stereocenters. The number of piperidine rings is 1. The highest BCUT2D eigenvalue weighted by Gasteiger charge is 2.25. The first-order chi connectivity index (χ1) is 13.1. The summed E-state index contributed by atoms with van der Waals surface area (Å²) in [6.07, 6.45) is 4.39. The molecule has 3 heterocycles. The van der Waals surface area contributed by atoms with Crippen molar-refractivity contribution >= 4 is 34.4 Å². The molecule has 3 aromatic rings. The predicted octanol–water partition coefficient (Wildman–Crippen LogP) is 3.59. The Bertz CT molecular complexity index is 991. The van der Waals surface area contributed by atoms with Gasteiger partial charge in [-0.3, -0.25) is 4.79 Å². The number of aryl methyl sites for hydroxylation is 1. The van der Waals surface area contributed by atoms with E-state index in [0.717, 1.165) is 43.7 Å². The first-order valence-electron chi connectivity index (χ1n) is 9.24. The van der Waals surface area contributed by atoms with Crippen molar-refractivity contribution in [3.8, 4) is 0 Å². The number of pyridine rings is 1. The number of amides is 1. The molecule has 1 amide bonds. The summed E-state index contributed by atoms with van der Waals surface area (Å²) in [5, 5.41) is 0.465. The normalized spacial score (nSPS) is 15.4. The van der Waals surface area contributed by atoms with Crippen LogP contribution in [0.15, 0.2) is 36.5 Å². The molecule has 2 aromatic heterocycles. The number of hydrogen-bond donors (Lipinski definition) is 1. The second-order valence-electron chi connectivity index (χ2n) is 6.85.